The van der Waals surface area contributed by atoms with Crippen LogP contribution in [-0.2, 0) is 9.59 Å². The average molecular weight is 544 g/mol. The molecule has 0 bridgehead atoms. The Hall–Kier alpha value is -4.24. The van der Waals surface area contributed by atoms with Gasteiger partial charge in [-0.05, 0) is 74.2 Å². The van der Waals surface area contributed by atoms with Gasteiger partial charge in [-0.25, -0.2) is 4.98 Å². The number of thiazole rings is 1. The molecule has 2 aromatic heterocycles. The van der Waals surface area contributed by atoms with Crippen molar-refractivity contribution in [1.29, 1.82) is 0 Å². The maximum atomic E-state index is 13.6. The van der Waals surface area contributed by atoms with E-state index in [-0.39, 0.29) is 11.3 Å². The summed E-state index contributed by atoms with van der Waals surface area (Å²) >= 11 is 1.34. The number of aryl methyl sites for hydroxylation is 2. The molecule has 4 aromatic rings. The quantitative estimate of drug-likeness (QED) is 0.162. The summed E-state index contributed by atoms with van der Waals surface area (Å²) in [5.41, 5.74) is 3.78. The highest BCUT2D eigenvalue weighted by Gasteiger charge is 2.48. The van der Waals surface area contributed by atoms with E-state index in [0.717, 1.165) is 27.8 Å². The van der Waals surface area contributed by atoms with Crippen molar-refractivity contribution in [2.45, 2.75) is 40.2 Å². The second-order valence-electron chi connectivity index (χ2n) is 9.32. The number of aliphatic hydroxyl groups excluding tert-OH is 1. The summed E-state index contributed by atoms with van der Waals surface area (Å²) in [6.07, 6.45) is 3.87. The largest absolute Gasteiger partial charge is 0.507 e. The molecule has 1 aliphatic rings. The van der Waals surface area contributed by atoms with Gasteiger partial charge in [0.15, 0.2) is 16.6 Å². The maximum Gasteiger partial charge on any atom is 0.301 e. The molecular weight excluding hydrogens is 514 g/mol. The van der Waals surface area contributed by atoms with Gasteiger partial charge in [0.2, 0.25) is 0 Å². The van der Waals surface area contributed by atoms with Crippen molar-refractivity contribution in [3.05, 3.63) is 82.7 Å². The predicted molar refractivity (Wildman–Crippen MR) is 152 cm³/mol. The normalized spacial score (nSPS) is 16.7. The lowest BCUT2D eigenvalue weighted by atomic mass is 9.95. The molecule has 39 heavy (non-hydrogen) atoms. The molecule has 1 saturated heterocycles. The maximum absolute atomic E-state index is 13.6. The summed E-state index contributed by atoms with van der Waals surface area (Å²) in [5.74, 6) is -0.756. The first kappa shape index (κ1) is 26.4. The number of anilines is 1. The van der Waals surface area contributed by atoms with Crippen molar-refractivity contribution in [3.63, 3.8) is 0 Å². The van der Waals surface area contributed by atoms with E-state index in [0.29, 0.717) is 41.0 Å². The smallest absolute Gasteiger partial charge is 0.301 e. The first-order valence-corrected chi connectivity index (χ1v) is 13.6. The van der Waals surface area contributed by atoms with Crippen LogP contribution in [-0.4, -0.2) is 40.0 Å². The molecule has 2 aromatic carbocycles. The number of hydrogen-bond acceptors (Lipinski definition) is 8. The van der Waals surface area contributed by atoms with E-state index < -0.39 is 17.7 Å². The molecule has 1 aliphatic heterocycles. The molecule has 0 spiro atoms. The topological polar surface area (TPSA) is 102 Å². The Kier molecular flexibility index (Phi) is 7.34. The van der Waals surface area contributed by atoms with Gasteiger partial charge in [0.25, 0.3) is 5.78 Å². The van der Waals surface area contributed by atoms with Crippen molar-refractivity contribution in [2.24, 2.45) is 0 Å². The lowest BCUT2D eigenvalue weighted by molar-refractivity contribution is -0.132. The minimum atomic E-state index is -0.931. The summed E-state index contributed by atoms with van der Waals surface area (Å²) < 4.78 is 12.7. The molecular formula is C30H29N3O5S. The summed E-state index contributed by atoms with van der Waals surface area (Å²) in [6.45, 7) is 8.78. The van der Waals surface area contributed by atoms with E-state index in [1.807, 2.05) is 39.8 Å². The van der Waals surface area contributed by atoms with Crippen LogP contribution in [0.4, 0.5) is 5.13 Å². The van der Waals surface area contributed by atoms with Crippen LogP contribution >= 0.6 is 11.3 Å². The number of ether oxygens (including phenoxy) is 2. The Morgan fingerprint density at radius 3 is 2.51 bits per heavy atom. The molecule has 1 unspecified atom stereocenters. The SMILES string of the molecule is CCCOc1ccc(C2C(=C(O)c3ccncc3)C(=O)C(=O)N2c2nc3c(C)cc(C)cc3s2)cc1OCC. The third-order valence-electron chi connectivity index (χ3n) is 6.47. The number of hydrogen-bond donors (Lipinski definition) is 1. The monoisotopic (exact) mass is 543 g/mol. The number of fused-ring (bicyclic) bond motifs is 1. The minimum Gasteiger partial charge on any atom is -0.507 e. The molecule has 1 amide bonds. The number of ketones is 1. The fourth-order valence-corrected chi connectivity index (χ4v) is 5.94. The fraction of sp³-hybridized carbons (Fsp3) is 0.267. The molecule has 9 heteroatoms. The van der Waals surface area contributed by atoms with Crippen LogP contribution in [0.15, 0.2) is 60.4 Å². The Morgan fingerprint density at radius 2 is 1.79 bits per heavy atom. The minimum absolute atomic E-state index is 0.0250. The highest BCUT2D eigenvalue weighted by atomic mass is 32.1. The molecule has 3 heterocycles. The number of rotatable bonds is 8. The highest BCUT2D eigenvalue weighted by molar-refractivity contribution is 7.22. The first-order valence-electron chi connectivity index (χ1n) is 12.8. The third kappa shape index (κ3) is 4.85. The number of benzene rings is 2. The Labute approximate surface area is 230 Å². The molecule has 1 fully saturated rings. The standard InChI is InChI=1S/C30H29N3O5S/c1-5-13-38-21-8-7-20(16-22(21)37-6-2)26-24(27(34)19-9-11-31-12-10-19)28(35)29(36)33(26)30-32-25-18(4)14-17(3)15-23(25)39-30/h7-12,14-16,26,34H,5-6,13H2,1-4H3. The number of pyridine rings is 1. The van der Waals surface area contributed by atoms with Crippen molar-refractivity contribution < 1.29 is 24.2 Å². The van der Waals surface area contributed by atoms with E-state index in [2.05, 4.69) is 4.98 Å². The van der Waals surface area contributed by atoms with Crippen molar-refractivity contribution in [2.75, 3.05) is 18.1 Å². The number of aliphatic hydroxyl groups is 1. The number of amides is 1. The third-order valence-corrected chi connectivity index (χ3v) is 7.47. The van der Waals surface area contributed by atoms with Crippen LogP contribution in [0.2, 0.25) is 0 Å². The van der Waals surface area contributed by atoms with Gasteiger partial charge < -0.3 is 14.6 Å². The van der Waals surface area contributed by atoms with Crippen LogP contribution in [0.25, 0.3) is 16.0 Å². The number of aromatic nitrogens is 2. The second-order valence-corrected chi connectivity index (χ2v) is 10.3. The summed E-state index contributed by atoms with van der Waals surface area (Å²) in [5, 5.41) is 11.7. The van der Waals surface area contributed by atoms with E-state index >= 15 is 0 Å². The van der Waals surface area contributed by atoms with Crippen LogP contribution in [0.5, 0.6) is 11.5 Å². The molecule has 0 radical (unpaired) electrons. The molecule has 5 rings (SSSR count). The molecule has 1 atom stereocenters. The Morgan fingerprint density at radius 1 is 1.03 bits per heavy atom. The average Bonchev–Trinajstić information content (AvgIpc) is 3.46. The lowest BCUT2D eigenvalue weighted by Crippen LogP contribution is -2.29. The number of nitrogens with zero attached hydrogens (tertiary/aromatic N) is 3. The van der Waals surface area contributed by atoms with E-state index in [1.165, 1.54) is 28.6 Å². The van der Waals surface area contributed by atoms with Gasteiger partial charge in [0.1, 0.15) is 5.76 Å². The highest BCUT2D eigenvalue weighted by Crippen LogP contribution is 2.46. The first-order chi connectivity index (χ1) is 18.8. The van der Waals surface area contributed by atoms with Crippen LogP contribution in [0.1, 0.15) is 48.6 Å². The van der Waals surface area contributed by atoms with Crippen molar-refractivity contribution in [1.82, 2.24) is 9.97 Å². The van der Waals surface area contributed by atoms with Gasteiger partial charge in [-0.2, -0.15) is 0 Å². The predicted octanol–water partition coefficient (Wildman–Crippen LogP) is 6.12. The van der Waals surface area contributed by atoms with Crippen molar-refractivity contribution in [3.8, 4) is 11.5 Å². The van der Waals surface area contributed by atoms with Gasteiger partial charge >= 0.3 is 5.91 Å². The van der Waals surface area contributed by atoms with Gasteiger partial charge in [0, 0.05) is 18.0 Å². The van der Waals surface area contributed by atoms with Crippen LogP contribution < -0.4 is 14.4 Å². The zero-order valence-electron chi connectivity index (χ0n) is 22.2. The molecule has 1 N–H and O–H groups in total. The van der Waals surface area contributed by atoms with Gasteiger partial charge in [0.05, 0.1) is 35.0 Å². The van der Waals surface area contributed by atoms with E-state index in [4.69, 9.17) is 14.5 Å². The number of Topliss-reactive ketones (excluding diaryl/α,β-unsaturated/α-hetero) is 1. The molecule has 8 nitrogen and oxygen atoms in total. The van der Waals surface area contributed by atoms with Gasteiger partial charge in [-0.15, -0.1) is 0 Å². The van der Waals surface area contributed by atoms with E-state index in [9.17, 15) is 14.7 Å². The molecule has 200 valence electrons. The lowest BCUT2D eigenvalue weighted by Gasteiger charge is -2.24. The number of carbonyl (C=O) groups excluding carboxylic acids is 2. The summed E-state index contributed by atoms with van der Waals surface area (Å²) in [7, 11) is 0. The second kappa shape index (κ2) is 10.9. The molecule has 0 saturated carbocycles. The number of carbonyl (C=O) groups is 2. The Bertz CT molecular complexity index is 1600. The molecule has 0 aliphatic carbocycles. The zero-order valence-corrected chi connectivity index (χ0v) is 23.0. The van der Waals surface area contributed by atoms with Gasteiger partial charge in [-0.3, -0.25) is 19.5 Å². The van der Waals surface area contributed by atoms with Gasteiger partial charge in [-0.1, -0.05) is 30.4 Å². The summed E-state index contributed by atoms with van der Waals surface area (Å²) in [4.78, 5) is 37.3. The van der Waals surface area contributed by atoms with Crippen LogP contribution in [0.3, 0.4) is 0 Å². The fourth-order valence-electron chi connectivity index (χ4n) is 4.77. The zero-order chi connectivity index (χ0) is 27.7. The van der Waals surface area contributed by atoms with E-state index in [1.54, 1.807) is 30.3 Å². The van der Waals surface area contributed by atoms with Crippen molar-refractivity contribution >= 4 is 44.1 Å². The van der Waals surface area contributed by atoms with Crippen LogP contribution in [0, 0.1) is 13.8 Å². The summed E-state index contributed by atoms with van der Waals surface area (Å²) in [6, 6.07) is 11.6. The Balaban J connectivity index is 1.73.